The Hall–Kier alpha value is -2.93. The Labute approximate surface area is 235 Å². The van der Waals surface area contributed by atoms with Crippen molar-refractivity contribution >= 4 is 11.8 Å². The van der Waals surface area contributed by atoms with Crippen molar-refractivity contribution in [2.24, 2.45) is 11.8 Å². The fourth-order valence-electron chi connectivity index (χ4n) is 5.41. The first-order chi connectivity index (χ1) is 19.3. The molecule has 0 bridgehead atoms. The van der Waals surface area contributed by atoms with Crippen LogP contribution in [0.5, 0.6) is 0 Å². The Bertz CT molecular complexity index is 1270. The number of benzene rings is 4. The average molecular weight is 539 g/mol. The topological polar surface area (TPSA) is 36.9 Å². The normalized spacial score (nSPS) is 25.6. The average Bonchev–Trinajstić information content (AvgIpc) is 3.72. The van der Waals surface area contributed by atoms with E-state index in [1.165, 1.54) is 10.5 Å². The van der Waals surface area contributed by atoms with Crippen molar-refractivity contribution in [3.63, 3.8) is 0 Å². The minimum atomic E-state index is -0.159. The van der Waals surface area contributed by atoms with Crippen molar-refractivity contribution in [1.29, 1.82) is 0 Å². The molecule has 1 heterocycles. The van der Waals surface area contributed by atoms with Crippen LogP contribution in [0.3, 0.4) is 0 Å². The monoisotopic (exact) mass is 538 g/mol. The molecule has 0 spiro atoms. The highest BCUT2D eigenvalue weighted by molar-refractivity contribution is 7.99. The number of fused-ring (bicyclic) bond motifs is 1. The molecule has 6 atom stereocenters. The molecule has 0 N–H and O–H groups in total. The van der Waals surface area contributed by atoms with Gasteiger partial charge >= 0.3 is 0 Å². The summed E-state index contributed by atoms with van der Waals surface area (Å²) in [5.41, 5.74) is 3.34. The van der Waals surface area contributed by atoms with Gasteiger partial charge in [0, 0.05) is 16.7 Å². The lowest BCUT2D eigenvalue weighted by atomic mass is 10.1. The maximum atomic E-state index is 6.80. The molecule has 0 aromatic heterocycles. The Morgan fingerprint density at radius 3 is 1.59 bits per heavy atom. The van der Waals surface area contributed by atoms with E-state index in [9.17, 15) is 0 Å². The van der Waals surface area contributed by atoms with Crippen molar-refractivity contribution in [2.75, 3.05) is 6.61 Å². The van der Waals surface area contributed by atoms with Crippen LogP contribution in [0.25, 0.3) is 0 Å². The standard InChI is InChI=1S/C34H34O4S/c1-5-13-25(14-6-1)21-35-24-29-30-31(32(30)36-22-26-15-7-2-8-16-26)33(37-23-27-17-9-3-10-18-27)34(38-29)39-28-19-11-4-12-20-28/h1-20,29-34H,21-24H2/t29?,30-,31?,32?,33?,34-/m0/s1. The van der Waals surface area contributed by atoms with E-state index in [2.05, 4.69) is 84.9 Å². The van der Waals surface area contributed by atoms with Crippen LogP contribution >= 0.6 is 11.8 Å². The highest BCUT2D eigenvalue weighted by Crippen LogP contribution is 2.56. The molecule has 1 saturated heterocycles. The molecule has 2 fully saturated rings. The highest BCUT2D eigenvalue weighted by Gasteiger charge is 2.65. The Morgan fingerprint density at radius 1 is 0.538 bits per heavy atom. The Balaban J connectivity index is 1.20. The second kappa shape index (κ2) is 12.9. The van der Waals surface area contributed by atoms with Crippen molar-refractivity contribution in [3.8, 4) is 0 Å². The molecule has 2 aliphatic rings. The zero-order valence-electron chi connectivity index (χ0n) is 21.9. The molecular weight excluding hydrogens is 504 g/mol. The first-order valence-electron chi connectivity index (χ1n) is 13.6. The van der Waals surface area contributed by atoms with Gasteiger partial charge in [0.1, 0.15) is 5.44 Å². The van der Waals surface area contributed by atoms with Crippen LogP contribution in [-0.4, -0.2) is 30.4 Å². The summed E-state index contributed by atoms with van der Waals surface area (Å²) in [4.78, 5) is 1.17. The van der Waals surface area contributed by atoms with Crippen LogP contribution in [-0.2, 0) is 38.8 Å². The first-order valence-corrected chi connectivity index (χ1v) is 14.5. The van der Waals surface area contributed by atoms with E-state index in [-0.39, 0.29) is 35.6 Å². The third-order valence-electron chi connectivity index (χ3n) is 7.41. The second-order valence-corrected chi connectivity index (χ2v) is 11.3. The van der Waals surface area contributed by atoms with Gasteiger partial charge in [-0.25, -0.2) is 0 Å². The molecule has 1 saturated carbocycles. The molecule has 200 valence electrons. The predicted octanol–water partition coefficient (Wildman–Crippen LogP) is 7.14. The number of hydrogen-bond donors (Lipinski definition) is 0. The fraction of sp³-hybridized carbons (Fsp3) is 0.294. The third kappa shape index (κ3) is 6.81. The van der Waals surface area contributed by atoms with E-state index in [4.69, 9.17) is 18.9 Å². The van der Waals surface area contributed by atoms with Gasteiger partial charge in [0.05, 0.1) is 44.7 Å². The molecule has 4 unspecified atom stereocenters. The summed E-state index contributed by atoms with van der Waals surface area (Å²) >= 11 is 1.73. The molecule has 1 aliphatic heterocycles. The fourth-order valence-corrected chi connectivity index (χ4v) is 6.58. The largest absolute Gasteiger partial charge is 0.374 e. The lowest BCUT2D eigenvalue weighted by Crippen LogP contribution is -2.42. The van der Waals surface area contributed by atoms with Crippen LogP contribution < -0.4 is 0 Å². The predicted molar refractivity (Wildman–Crippen MR) is 154 cm³/mol. The highest BCUT2D eigenvalue weighted by atomic mass is 32.2. The lowest BCUT2D eigenvalue weighted by molar-refractivity contribution is -0.132. The SMILES string of the molecule is c1ccc(COCC2O[C@@H](Sc3ccccc3)C(OCc3ccccc3)C3C(OCc4ccccc4)[C@@H]23)cc1. The quantitative estimate of drug-likeness (QED) is 0.192. The molecule has 4 aromatic rings. The number of hydrogen-bond acceptors (Lipinski definition) is 5. The van der Waals surface area contributed by atoms with Gasteiger partial charge in [0.25, 0.3) is 0 Å². The summed E-state index contributed by atoms with van der Waals surface area (Å²) in [6, 6.07) is 41.5. The van der Waals surface area contributed by atoms with Crippen molar-refractivity contribution in [2.45, 2.75) is 48.5 Å². The van der Waals surface area contributed by atoms with Crippen molar-refractivity contribution in [1.82, 2.24) is 0 Å². The van der Waals surface area contributed by atoms with Gasteiger partial charge in [-0.05, 0) is 28.8 Å². The van der Waals surface area contributed by atoms with E-state index in [1.54, 1.807) is 11.8 Å². The van der Waals surface area contributed by atoms with Crippen molar-refractivity contribution in [3.05, 3.63) is 138 Å². The second-order valence-electron chi connectivity index (χ2n) is 10.2. The number of rotatable bonds is 12. The smallest absolute Gasteiger partial charge is 0.134 e. The Morgan fingerprint density at radius 2 is 1.03 bits per heavy atom. The maximum absolute atomic E-state index is 6.80. The number of ether oxygens (including phenoxy) is 4. The van der Waals surface area contributed by atoms with Gasteiger partial charge < -0.3 is 18.9 Å². The van der Waals surface area contributed by atoms with E-state index in [0.717, 1.165) is 11.1 Å². The summed E-state index contributed by atoms with van der Waals surface area (Å²) in [7, 11) is 0. The summed E-state index contributed by atoms with van der Waals surface area (Å²) < 4.78 is 26.2. The Kier molecular flexibility index (Phi) is 8.73. The van der Waals surface area contributed by atoms with Crippen LogP contribution in [0.1, 0.15) is 16.7 Å². The minimum absolute atomic E-state index is 0.0581. The zero-order valence-corrected chi connectivity index (χ0v) is 22.7. The van der Waals surface area contributed by atoms with Crippen LogP contribution in [0.15, 0.2) is 126 Å². The summed E-state index contributed by atoms with van der Waals surface area (Å²) in [6.45, 7) is 2.22. The van der Waals surface area contributed by atoms with Gasteiger partial charge in [-0.3, -0.25) is 0 Å². The summed E-state index contributed by atoms with van der Waals surface area (Å²) in [5, 5.41) is 0. The van der Waals surface area contributed by atoms with E-state index in [1.807, 2.05) is 36.4 Å². The molecule has 0 amide bonds. The number of thioether (sulfide) groups is 1. The van der Waals surface area contributed by atoms with Crippen LogP contribution in [0, 0.1) is 11.8 Å². The molecule has 1 aliphatic carbocycles. The molecular formula is C34H34O4S. The molecule has 4 aromatic carbocycles. The zero-order chi connectivity index (χ0) is 26.3. The summed E-state index contributed by atoms with van der Waals surface area (Å²) in [6.07, 6.45) is -0.0819. The van der Waals surface area contributed by atoms with E-state index in [0.29, 0.717) is 26.4 Å². The molecule has 39 heavy (non-hydrogen) atoms. The van der Waals surface area contributed by atoms with Gasteiger partial charge in [-0.2, -0.15) is 0 Å². The van der Waals surface area contributed by atoms with Gasteiger partial charge in [0.15, 0.2) is 0 Å². The van der Waals surface area contributed by atoms with Gasteiger partial charge in [0.2, 0.25) is 0 Å². The first kappa shape index (κ1) is 26.3. The summed E-state index contributed by atoms with van der Waals surface area (Å²) in [5.74, 6) is 0.482. The van der Waals surface area contributed by atoms with Gasteiger partial charge in [-0.1, -0.05) is 121 Å². The third-order valence-corrected chi connectivity index (χ3v) is 8.56. The molecule has 5 heteroatoms. The minimum Gasteiger partial charge on any atom is -0.374 e. The van der Waals surface area contributed by atoms with E-state index >= 15 is 0 Å². The maximum Gasteiger partial charge on any atom is 0.134 e. The van der Waals surface area contributed by atoms with Crippen LogP contribution in [0.2, 0.25) is 0 Å². The molecule has 0 radical (unpaired) electrons. The molecule has 6 rings (SSSR count). The molecule has 4 nitrogen and oxygen atoms in total. The van der Waals surface area contributed by atoms with Crippen molar-refractivity contribution < 1.29 is 18.9 Å². The lowest BCUT2D eigenvalue weighted by Gasteiger charge is -2.35. The van der Waals surface area contributed by atoms with Crippen LogP contribution in [0.4, 0.5) is 0 Å². The van der Waals surface area contributed by atoms with E-state index < -0.39 is 0 Å². The van der Waals surface area contributed by atoms with Gasteiger partial charge in [-0.15, -0.1) is 0 Å².